The Morgan fingerprint density at radius 1 is 1.28 bits per heavy atom. The van der Waals surface area contributed by atoms with Gasteiger partial charge in [-0.15, -0.1) is 23.1 Å². The van der Waals surface area contributed by atoms with Gasteiger partial charge >= 0.3 is 0 Å². The number of halogens is 1. The van der Waals surface area contributed by atoms with E-state index < -0.39 is 0 Å². The minimum absolute atomic E-state index is 0.901. The highest BCUT2D eigenvalue weighted by Crippen LogP contribution is 2.39. The van der Waals surface area contributed by atoms with Crippen molar-refractivity contribution in [3.05, 3.63) is 16.3 Å². The predicted octanol–water partition coefficient (Wildman–Crippen LogP) is 4.37. The SMILES string of the molecule is Cc1nc(SCCBr)c2c3c(sc2n1)CCCC3. The number of hydrogen-bond acceptors (Lipinski definition) is 4. The van der Waals surface area contributed by atoms with Gasteiger partial charge < -0.3 is 0 Å². The van der Waals surface area contributed by atoms with Crippen LogP contribution in [0.3, 0.4) is 0 Å². The monoisotopic (exact) mass is 342 g/mol. The molecular formula is C13H15BrN2S2. The van der Waals surface area contributed by atoms with Gasteiger partial charge in [-0.1, -0.05) is 15.9 Å². The van der Waals surface area contributed by atoms with Crippen LogP contribution in [0.1, 0.15) is 29.1 Å². The van der Waals surface area contributed by atoms with Crippen LogP contribution in [0.15, 0.2) is 5.03 Å². The Labute approximate surface area is 124 Å². The molecule has 3 rings (SSSR count). The Hall–Kier alpha value is -0.130. The summed E-state index contributed by atoms with van der Waals surface area (Å²) in [6, 6.07) is 0. The quantitative estimate of drug-likeness (QED) is 0.470. The normalized spacial score (nSPS) is 15.0. The molecule has 0 spiro atoms. The van der Waals surface area contributed by atoms with E-state index in [1.54, 1.807) is 10.4 Å². The summed E-state index contributed by atoms with van der Waals surface area (Å²) in [5, 5.41) is 3.55. The van der Waals surface area contributed by atoms with Crippen molar-refractivity contribution in [1.29, 1.82) is 0 Å². The van der Waals surface area contributed by atoms with Crippen LogP contribution in [0, 0.1) is 6.92 Å². The van der Waals surface area contributed by atoms with Crippen molar-refractivity contribution < 1.29 is 0 Å². The topological polar surface area (TPSA) is 25.8 Å². The standard InChI is InChI=1S/C13H15BrN2S2/c1-8-15-12(17-7-6-14)11-9-4-2-3-5-10(9)18-13(11)16-8/h2-7H2,1H3. The van der Waals surface area contributed by atoms with Crippen LogP contribution < -0.4 is 0 Å². The van der Waals surface area contributed by atoms with Gasteiger partial charge in [-0.3, -0.25) is 0 Å². The molecule has 0 saturated heterocycles. The Morgan fingerprint density at radius 2 is 2.11 bits per heavy atom. The molecule has 2 aromatic heterocycles. The summed E-state index contributed by atoms with van der Waals surface area (Å²) in [6.45, 7) is 2.00. The first-order valence-corrected chi connectivity index (χ1v) is 9.19. The molecule has 0 bridgehead atoms. The van der Waals surface area contributed by atoms with Gasteiger partial charge in [0.1, 0.15) is 15.7 Å². The zero-order valence-electron chi connectivity index (χ0n) is 10.3. The van der Waals surface area contributed by atoms with Gasteiger partial charge in [0.2, 0.25) is 0 Å². The minimum atomic E-state index is 0.901. The third-order valence-corrected chi connectivity index (χ3v) is 6.29. The fraction of sp³-hybridized carbons (Fsp3) is 0.538. The number of hydrogen-bond donors (Lipinski definition) is 0. The zero-order valence-corrected chi connectivity index (χ0v) is 13.6. The Bertz CT molecular complexity index is 580. The zero-order chi connectivity index (χ0) is 12.5. The molecular weight excluding hydrogens is 328 g/mol. The van der Waals surface area contributed by atoms with Gasteiger partial charge in [-0.25, -0.2) is 9.97 Å². The number of alkyl halides is 1. The average molecular weight is 343 g/mol. The molecule has 0 N–H and O–H groups in total. The lowest BCUT2D eigenvalue weighted by Crippen LogP contribution is -1.99. The summed E-state index contributed by atoms with van der Waals surface area (Å²) in [6.07, 6.45) is 5.09. The van der Waals surface area contributed by atoms with E-state index in [-0.39, 0.29) is 0 Å². The van der Waals surface area contributed by atoms with Crippen molar-refractivity contribution in [1.82, 2.24) is 9.97 Å². The lowest BCUT2D eigenvalue weighted by molar-refractivity contribution is 0.699. The van der Waals surface area contributed by atoms with E-state index in [0.717, 1.165) is 16.9 Å². The number of nitrogens with zero attached hydrogens (tertiary/aromatic N) is 2. The Kier molecular flexibility index (Phi) is 3.91. The highest BCUT2D eigenvalue weighted by atomic mass is 79.9. The molecule has 0 saturated carbocycles. The van der Waals surface area contributed by atoms with E-state index in [1.807, 2.05) is 30.0 Å². The number of aryl methyl sites for hydroxylation is 3. The lowest BCUT2D eigenvalue weighted by atomic mass is 9.97. The molecule has 0 aliphatic heterocycles. The molecule has 2 nitrogen and oxygen atoms in total. The lowest BCUT2D eigenvalue weighted by Gasteiger charge is -2.11. The molecule has 0 fully saturated rings. The number of rotatable bonds is 3. The van der Waals surface area contributed by atoms with Crippen LogP contribution in [0.2, 0.25) is 0 Å². The summed E-state index contributed by atoms with van der Waals surface area (Å²) in [7, 11) is 0. The highest BCUT2D eigenvalue weighted by molar-refractivity contribution is 9.09. The summed E-state index contributed by atoms with van der Waals surface area (Å²) >= 11 is 7.23. The van der Waals surface area contributed by atoms with E-state index in [4.69, 9.17) is 0 Å². The first-order chi connectivity index (χ1) is 8.79. The fourth-order valence-electron chi connectivity index (χ4n) is 2.47. The second-order valence-electron chi connectivity index (χ2n) is 4.50. The molecule has 0 atom stereocenters. The maximum Gasteiger partial charge on any atom is 0.128 e. The summed E-state index contributed by atoms with van der Waals surface area (Å²) in [4.78, 5) is 12.0. The van der Waals surface area contributed by atoms with E-state index in [9.17, 15) is 0 Å². The molecule has 0 amide bonds. The van der Waals surface area contributed by atoms with Gasteiger partial charge in [-0.2, -0.15) is 0 Å². The number of aromatic nitrogens is 2. The summed E-state index contributed by atoms with van der Waals surface area (Å²) < 4.78 is 0. The molecule has 2 aromatic rings. The van der Waals surface area contributed by atoms with Gasteiger partial charge in [-0.05, 0) is 38.2 Å². The van der Waals surface area contributed by atoms with Crippen LogP contribution >= 0.6 is 39.0 Å². The van der Waals surface area contributed by atoms with E-state index in [0.29, 0.717) is 0 Å². The molecule has 0 aromatic carbocycles. The summed E-state index contributed by atoms with van der Waals surface area (Å²) in [5.74, 6) is 1.97. The smallest absolute Gasteiger partial charge is 0.128 e. The summed E-state index contributed by atoms with van der Waals surface area (Å²) in [5.41, 5.74) is 1.54. The average Bonchev–Trinajstić information content (AvgIpc) is 2.73. The second-order valence-corrected chi connectivity index (χ2v) is 7.46. The van der Waals surface area contributed by atoms with E-state index in [1.165, 1.54) is 40.9 Å². The molecule has 96 valence electrons. The molecule has 2 heterocycles. The van der Waals surface area contributed by atoms with Gasteiger partial charge in [0.05, 0.1) is 0 Å². The van der Waals surface area contributed by atoms with Crippen molar-refractivity contribution in [2.75, 3.05) is 11.1 Å². The largest absolute Gasteiger partial charge is 0.226 e. The number of thiophene rings is 1. The number of fused-ring (bicyclic) bond motifs is 3. The fourth-order valence-corrected chi connectivity index (χ4v) is 5.15. The van der Waals surface area contributed by atoms with Gasteiger partial charge in [0.15, 0.2) is 0 Å². The van der Waals surface area contributed by atoms with Gasteiger partial charge in [0, 0.05) is 21.3 Å². The Balaban J connectivity index is 2.16. The second kappa shape index (κ2) is 5.47. The van der Waals surface area contributed by atoms with Crippen LogP contribution in [0.5, 0.6) is 0 Å². The minimum Gasteiger partial charge on any atom is -0.226 e. The molecule has 1 aliphatic carbocycles. The van der Waals surface area contributed by atoms with Crippen molar-refractivity contribution >= 4 is 49.2 Å². The highest BCUT2D eigenvalue weighted by Gasteiger charge is 2.20. The molecule has 1 aliphatic rings. The van der Waals surface area contributed by atoms with Crippen LogP contribution in [0.25, 0.3) is 10.2 Å². The van der Waals surface area contributed by atoms with Crippen molar-refractivity contribution in [2.24, 2.45) is 0 Å². The van der Waals surface area contributed by atoms with Crippen LogP contribution in [-0.2, 0) is 12.8 Å². The van der Waals surface area contributed by atoms with Crippen LogP contribution in [0.4, 0.5) is 0 Å². The van der Waals surface area contributed by atoms with Crippen molar-refractivity contribution in [2.45, 2.75) is 37.6 Å². The molecule has 5 heteroatoms. The third-order valence-electron chi connectivity index (χ3n) is 3.21. The van der Waals surface area contributed by atoms with E-state index in [2.05, 4.69) is 25.9 Å². The van der Waals surface area contributed by atoms with Gasteiger partial charge in [0.25, 0.3) is 0 Å². The maximum atomic E-state index is 4.66. The first-order valence-electron chi connectivity index (χ1n) is 6.27. The predicted molar refractivity (Wildman–Crippen MR) is 83.3 cm³/mol. The molecule has 0 unspecified atom stereocenters. The molecule has 0 radical (unpaired) electrons. The molecule has 18 heavy (non-hydrogen) atoms. The van der Waals surface area contributed by atoms with Crippen LogP contribution in [-0.4, -0.2) is 21.1 Å². The first kappa shape index (κ1) is 12.9. The number of thioether (sulfide) groups is 1. The van der Waals surface area contributed by atoms with Crippen molar-refractivity contribution in [3.8, 4) is 0 Å². The third kappa shape index (κ3) is 2.32. The Morgan fingerprint density at radius 3 is 2.94 bits per heavy atom. The van der Waals surface area contributed by atoms with E-state index >= 15 is 0 Å². The van der Waals surface area contributed by atoms with Crippen molar-refractivity contribution in [3.63, 3.8) is 0 Å². The maximum absolute atomic E-state index is 4.66.